The first-order valence-corrected chi connectivity index (χ1v) is 10.6. The zero-order valence-electron chi connectivity index (χ0n) is 18.8. The summed E-state index contributed by atoms with van der Waals surface area (Å²) in [6.07, 6.45) is -1.48. The number of nitrogens with zero attached hydrogens (tertiary/aromatic N) is 1. The van der Waals surface area contributed by atoms with Crippen LogP contribution in [0.4, 0.5) is 33.7 Å². The molecular formula is C25H21F4N3O3. The molecule has 2 N–H and O–H groups in total. The Labute approximate surface area is 198 Å². The molecule has 1 aliphatic rings. The molecule has 2 amide bonds. The van der Waals surface area contributed by atoms with Crippen molar-refractivity contribution in [3.8, 4) is 6.07 Å². The van der Waals surface area contributed by atoms with Crippen LogP contribution in [-0.4, -0.2) is 18.4 Å². The number of rotatable bonds is 6. The highest BCUT2D eigenvalue weighted by Gasteiger charge is 2.35. The molecule has 3 rings (SSSR count). The smallest absolute Gasteiger partial charge is 0.416 e. The molecule has 1 aliphatic carbocycles. The average Bonchev–Trinajstić information content (AvgIpc) is 2.81. The molecule has 0 saturated heterocycles. The van der Waals surface area contributed by atoms with E-state index in [1.807, 2.05) is 0 Å². The number of Topliss-reactive ketones (excluding diaryl/α,β-unsaturated/α-hetero) is 1. The van der Waals surface area contributed by atoms with Crippen molar-refractivity contribution >= 4 is 28.8 Å². The molecule has 0 aromatic heterocycles. The summed E-state index contributed by atoms with van der Waals surface area (Å²) in [5.74, 6) is -1.79. The predicted octanol–water partition coefficient (Wildman–Crippen LogP) is 6.39. The van der Waals surface area contributed by atoms with Gasteiger partial charge in [-0.15, -0.1) is 0 Å². The van der Waals surface area contributed by atoms with E-state index in [2.05, 4.69) is 10.6 Å². The Morgan fingerprint density at radius 1 is 1.20 bits per heavy atom. The number of anilines is 2. The summed E-state index contributed by atoms with van der Waals surface area (Å²) in [5, 5.41) is 13.5. The summed E-state index contributed by atoms with van der Waals surface area (Å²) in [6.45, 7) is 3.38. The SMILES string of the molecule is CCOC1=CC(c2ccc(NC(=O)Nc3ccc(C(C)C#N)c(C(F)(F)F)c3)c(F)c2)=CCC1=O. The summed E-state index contributed by atoms with van der Waals surface area (Å²) in [7, 11) is 0. The Morgan fingerprint density at radius 2 is 1.94 bits per heavy atom. The molecule has 2 aromatic carbocycles. The summed E-state index contributed by atoms with van der Waals surface area (Å²) < 4.78 is 60.2. The molecule has 35 heavy (non-hydrogen) atoms. The molecule has 0 saturated carbocycles. The molecule has 0 spiro atoms. The van der Waals surface area contributed by atoms with Gasteiger partial charge < -0.3 is 15.4 Å². The first-order chi connectivity index (χ1) is 16.5. The standard InChI is InChI=1S/C25H21F4N3O3/c1-3-35-23-11-16(5-9-22(23)33)15-4-8-21(20(26)10-15)32-24(34)31-17-6-7-18(14(2)13-30)19(12-17)25(27,28)29/h4-8,10-12,14H,3,9H2,1-2H3,(H2,31,32,34). The third-order valence-electron chi connectivity index (χ3n) is 5.20. The Bertz CT molecular complexity index is 1260. The maximum atomic E-state index is 14.7. The van der Waals surface area contributed by atoms with E-state index in [9.17, 15) is 27.2 Å². The van der Waals surface area contributed by atoms with Crippen molar-refractivity contribution in [2.24, 2.45) is 0 Å². The minimum atomic E-state index is -4.73. The summed E-state index contributed by atoms with van der Waals surface area (Å²) in [5.41, 5.74) is -0.596. The number of halogens is 4. The molecule has 0 radical (unpaired) electrons. The first kappa shape index (κ1) is 25.5. The van der Waals surface area contributed by atoms with Crippen molar-refractivity contribution in [1.29, 1.82) is 5.26 Å². The fourth-order valence-electron chi connectivity index (χ4n) is 3.47. The molecule has 10 heteroatoms. The average molecular weight is 487 g/mol. The molecule has 0 heterocycles. The van der Waals surface area contributed by atoms with E-state index in [-0.39, 0.29) is 34.9 Å². The number of hydrogen-bond donors (Lipinski definition) is 2. The third-order valence-corrected chi connectivity index (χ3v) is 5.20. The number of ketones is 1. The van der Waals surface area contributed by atoms with Crippen LogP contribution in [0.2, 0.25) is 0 Å². The fourth-order valence-corrected chi connectivity index (χ4v) is 3.47. The van der Waals surface area contributed by atoms with Gasteiger partial charge in [0.25, 0.3) is 0 Å². The second-order valence-corrected chi connectivity index (χ2v) is 7.65. The molecule has 0 aliphatic heterocycles. The van der Waals surface area contributed by atoms with Crippen molar-refractivity contribution in [3.05, 3.63) is 76.8 Å². The van der Waals surface area contributed by atoms with E-state index < -0.39 is 29.5 Å². The van der Waals surface area contributed by atoms with E-state index in [1.165, 1.54) is 31.2 Å². The van der Waals surface area contributed by atoms with Gasteiger partial charge in [0.2, 0.25) is 5.78 Å². The van der Waals surface area contributed by atoms with E-state index in [4.69, 9.17) is 10.00 Å². The molecule has 0 fully saturated rings. The highest BCUT2D eigenvalue weighted by Crippen LogP contribution is 2.37. The predicted molar refractivity (Wildman–Crippen MR) is 122 cm³/mol. The lowest BCUT2D eigenvalue weighted by atomic mass is 9.96. The van der Waals surface area contributed by atoms with Crippen LogP contribution >= 0.6 is 0 Å². The third kappa shape index (κ3) is 6.06. The zero-order valence-corrected chi connectivity index (χ0v) is 18.8. The van der Waals surface area contributed by atoms with Crippen LogP contribution in [0.5, 0.6) is 0 Å². The Balaban J connectivity index is 1.76. The number of ether oxygens (including phenoxy) is 1. The number of nitrogens with one attached hydrogen (secondary N) is 2. The lowest BCUT2D eigenvalue weighted by molar-refractivity contribution is -0.138. The van der Waals surface area contributed by atoms with Gasteiger partial charge in [-0.25, -0.2) is 9.18 Å². The molecular weight excluding hydrogens is 466 g/mol. The van der Waals surface area contributed by atoms with Crippen molar-refractivity contribution in [2.75, 3.05) is 17.2 Å². The van der Waals surface area contributed by atoms with E-state index in [0.717, 1.165) is 18.2 Å². The van der Waals surface area contributed by atoms with Gasteiger partial charge in [0.15, 0.2) is 5.76 Å². The van der Waals surface area contributed by atoms with Gasteiger partial charge in [-0.3, -0.25) is 4.79 Å². The maximum absolute atomic E-state index is 14.7. The second-order valence-electron chi connectivity index (χ2n) is 7.65. The van der Waals surface area contributed by atoms with Crippen molar-refractivity contribution in [2.45, 2.75) is 32.4 Å². The van der Waals surface area contributed by atoms with Crippen LogP contribution < -0.4 is 10.6 Å². The minimum Gasteiger partial charge on any atom is -0.490 e. The van der Waals surface area contributed by atoms with E-state index >= 15 is 0 Å². The summed E-state index contributed by atoms with van der Waals surface area (Å²) in [6, 6.07) is 7.88. The number of benzene rings is 2. The lowest BCUT2D eigenvalue weighted by Crippen LogP contribution is -2.21. The Kier molecular flexibility index (Phi) is 7.59. The van der Waals surface area contributed by atoms with Gasteiger partial charge in [-0.05, 0) is 60.9 Å². The number of allylic oxidation sites excluding steroid dienone is 4. The van der Waals surface area contributed by atoms with Gasteiger partial charge in [-0.1, -0.05) is 18.2 Å². The van der Waals surface area contributed by atoms with E-state index in [1.54, 1.807) is 19.1 Å². The zero-order chi connectivity index (χ0) is 25.8. The number of carbonyl (C=O) groups excluding carboxylic acids is 2. The van der Waals surface area contributed by atoms with Gasteiger partial charge in [0.05, 0.1) is 29.8 Å². The largest absolute Gasteiger partial charge is 0.490 e. The summed E-state index contributed by atoms with van der Waals surface area (Å²) in [4.78, 5) is 24.2. The number of carbonyl (C=O) groups is 2. The minimum absolute atomic E-state index is 0.108. The van der Waals surface area contributed by atoms with Crippen molar-refractivity contribution in [1.82, 2.24) is 0 Å². The highest BCUT2D eigenvalue weighted by atomic mass is 19.4. The van der Waals surface area contributed by atoms with Crippen LogP contribution in [0.15, 0.2) is 54.3 Å². The number of hydrogen-bond acceptors (Lipinski definition) is 4. The number of alkyl halides is 3. The Morgan fingerprint density at radius 3 is 2.57 bits per heavy atom. The Hall–Kier alpha value is -4.13. The second kappa shape index (κ2) is 10.4. The van der Waals surface area contributed by atoms with Crippen LogP contribution in [-0.2, 0) is 15.7 Å². The lowest BCUT2D eigenvalue weighted by Gasteiger charge is -2.17. The number of urea groups is 1. The fraction of sp³-hybridized carbons (Fsp3) is 0.240. The van der Waals surface area contributed by atoms with Crippen LogP contribution in [0.1, 0.15) is 42.9 Å². The van der Waals surface area contributed by atoms with Crippen LogP contribution in [0.3, 0.4) is 0 Å². The van der Waals surface area contributed by atoms with Crippen molar-refractivity contribution in [3.63, 3.8) is 0 Å². The number of amides is 2. The van der Waals surface area contributed by atoms with Gasteiger partial charge in [-0.2, -0.15) is 18.4 Å². The molecule has 182 valence electrons. The normalized spacial score (nSPS) is 14.4. The molecule has 6 nitrogen and oxygen atoms in total. The monoisotopic (exact) mass is 487 g/mol. The van der Waals surface area contributed by atoms with E-state index in [0.29, 0.717) is 17.7 Å². The van der Waals surface area contributed by atoms with Gasteiger partial charge in [0, 0.05) is 12.1 Å². The summed E-state index contributed by atoms with van der Waals surface area (Å²) >= 11 is 0. The quantitative estimate of drug-likeness (QED) is 0.462. The van der Waals surface area contributed by atoms with Crippen LogP contribution in [0.25, 0.3) is 5.57 Å². The van der Waals surface area contributed by atoms with Crippen molar-refractivity contribution < 1.29 is 31.9 Å². The molecule has 2 aromatic rings. The molecule has 1 atom stereocenters. The van der Waals surface area contributed by atoms with Gasteiger partial charge >= 0.3 is 12.2 Å². The topological polar surface area (TPSA) is 91.2 Å². The molecule has 0 bridgehead atoms. The van der Waals surface area contributed by atoms with Gasteiger partial charge in [0.1, 0.15) is 5.82 Å². The highest BCUT2D eigenvalue weighted by molar-refractivity contribution is 6.02. The number of nitriles is 1. The maximum Gasteiger partial charge on any atom is 0.416 e. The van der Waals surface area contributed by atoms with Crippen LogP contribution in [0, 0.1) is 17.1 Å². The molecule has 1 unspecified atom stereocenters. The first-order valence-electron chi connectivity index (χ1n) is 10.6.